The van der Waals surface area contributed by atoms with Crippen LogP contribution in [0.3, 0.4) is 0 Å². The molecule has 0 atom stereocenters. The average Bonchev–Trinajstić information content (AvgIpc) is 2.86. The molecule has 0 saturated heterocycles. The Kier molecular flexibility index (Phi) is 8.37. The topological polar surface area (TPSA) is 49.8 Å². The number of carboxylic acids is 1. The normalized spacial score (nSPS) is 24.8. The lowest BCUT2D eigenvalue weighted by Gasteiger charge is -2.31. The van der Waals surface area contributed by atoms with Crippen molar-refractivity contribution >= 4 is 22.4 Å². The van der Waals surface area contributed by atoms with Crippen LogP contribution in [0.15, 0.2) is 30.3 Å². The predicted molar refractivity (Wildman–Crippen MR) is 132 cm³/mol. The zero-order valence-corrected chi connectivity index (χ0v) is 21.2. The summed E-state index contributed by atoms with van der Waals surface area (Å²) < 4.78 is 86.9. The van der Waals surface area contributed by atoms with Gasteiger partial charge in [-0.15, -0.1) is 0 Å². The van der Waals surface area contributed by atoms with Crippen molar-refractivity contribution < 1.29 is 41.0 Å². The molecule has 0 unspecified atom stereocenters. The summed E-state index contributed by atoms with van der Waals surface area (Å²) in [5, 5.41) is 9.55. The molecule has 2 aromatic rings. The molecule has 38 heavy (non-hydrogen) atoms. The molecule has 0 radical (unpaired) electrons. The van der Waals surface area contributed by atoms with E-state index in [2.05, 4.69) is 0 Å². The van der Waals surface area contributed by atoms with E-state index < -0.39 is 35.9 Å². The highest BCUT2D eigenvalue weighted by Gasteiger charge is 2.42. The Morgan fingerprint density at radius 2 is 1.61 bits per heavy atom. The van der Waals surface area contributed by atoms with Gasteiger partial charge in [-0.3, -0.25) is 4.79 Å². The molecule has 10 heteroatoms. The highest BCUT2D eigenvalue weighted by Crippen LogP contribution is 2.44. The number of rotatable bonds is 7. The molecule has 210 valence electrons. The molecule has 0 heterocycles. The van der Waals surface area contributed by atoms with E-state index in [0.717, 1.165) is 24.9 Å². The maximum absolute atomic E-state index is 14.1. The van der Waals surface area contributed by atoms with Gasteiger partial charge in [-0.1, -0.05) is 12.1 Å². The van der Waals surface area contributed by atoms with Gasteiger partial charge in [-0.25, -0.2) is 0 Å². The Balaban J connectivity index is 1.45. The molecule has 4 nitrogen and oxygen atoms in total. The molecule has 0 bridgehead atoms. The van der Waals surface area contributed by atoms with Crippen molar-refractivity contribution in [3.05, 3.63) is 35.9 Å². The standard InChI is InChI=1S/C28H33F6NO3/c1-35(15-14-17-2-4-18(5-3-17)26(36)37)21-9-12-23-19(16-21)6-13-24(25(23)28(32,33)34)38-22-10-7-20(8-11-22)27(29,30)31/h6,9,12-13,16-18,20,22H,2-5,7-8,10-11,14-15H2,1H3,(H,36,37). The summed E-state index contributed by atoms with van der Waals surface area (Å²) in [4.78, 5) is 13.1. The third kappa shape index (κ3) is 6.67. The molecule has 0 spiro atoms. The van der Waals surface area contributed by atoms with E-state index in [-0.39, 0.29) is 42.7 Å². The van der Waals surface area contributed by atoms with Crippen LogP contribution in [0.25, 0.3) is 10.8 Å². The quantitative estimate of drug-likeness (QED) is 0.358. The monoisotopic (exact) mass is 545 g/mol. The number of ether oxygens (including phenoxy) is 1. The predicted octanol–water partition coefficient (Wildman–Crippen LogP) is 8.08. The molecule has 0 aromatic heterocycles. The number of anilines is 1. The van der Waals surface area contributed by atoms with Gasteiger partial charge in [0.15, 0.2) is 0 Å². The third-order valence-electron chi connectivity index (χ3n) is 8.19. The van der Waals surface area contributed by atoms with Gasteiger partial charge in [0.25, 0.3) is 0 Å². The van der Waals surface area contributed by atoms with Crippen LogP contribution in [0, 0.1) is 17.8 Å². The molecular formula is C28H33F6NO3. The SMILES string of the molecule is CN(CCC1CCC(C(=O)O)CC1)c1ccc2c(C(F)(F)F)c(OC3CCC(C(F)(F)F)CC3)ccc2c1. The second kappa shape index (κ2) is 11.2. The maximum atomic E-state index is 14.1. The van der Waals surface area contributed by atoms with Gasteiger partial charge in [0.1, 0.15) is 11.3 Å². The minimum atomic E-state index is -4.69. The van der Waals surface area contributed by atoms with Crippen LogP contribution < -0.4 is 9.64 Å². The number of nitrogens with zero attached hydrogens (tertiary/aromatic N) is 1. The van der Waals surface area contributed by atoms with E-state index >= 15 is 0 Å². The van der Waals surface area contributed by atoms with Crippen molar-refractivity contribution in [2.45, 2.75) is 76.2 Å². The molecule has 2 aliphatic rings. The van der Waals surface area contributed by atoms with E-state index in [9.17, 15) is 31.1 Å². The average molecular weight is 546 g/mol. The van der Waals surface area contributed by atoms with Crippen LogP contribution in [-0.2, 0) is 11.0 Å². The Bertz CT molecular complexity index is 1120. The lowest BCUT2D eigenvalue weighted by molar-refractivity contribution is -0.185. The van der Waals surface area contributed by atoms with E-state index in [1.807, 2.05) is 11.9 Å². The van der Waals surface area contributed by atoms with Crippen LogP contribution in [0.5, 0.6) is 5.75 Å². The Morgan fingerprint density at radius 1 is 0.947 bits per heavy atom. The number of hydrogen-bond donors (Lipinski definition) is 1. The number of carbonyl (C=O) groups is 1. The van der Waals surface area contributed by atoms with Gasteiger partial charge in [-0.2, -0.15) is 26.3 Å². The molecule has 0 aliphatic heterocycles. The highest BCUT2D eigenvalue weighted by atomic mass is 19.4. The van der Waals surface area contributed by atoms with Crippen molar-refractivity contribution in [1.82, 2.24) is 0 Å². The van der Waals surface area contributed by atoms with Crippen LogP contribution in [-0.4, -0.2) is 36.9 Å². The minimum absolute atomic E-state index is 0.0110. The van der Waals surface area contributed by atoms with Crippen molar-refractivity contribution in [2.75, 3.05) is 18.5 Å². The first-order valence-electron chi connectivity index (χ1n) is 13.1. The maximum Gasteiger partial charge on any atom is 0.420 e. The summed E-state index contributed by atoms with van der Waals surface area (Å²) in [6.45, 7) is 0.696. The van der Waals surface area contributed by atoms with Crippen LogP contribution in [0.4, 0.5) is 32.0 Å². The Hall–Kier alpha value is -2.65. The van der Waals surface area contributed by atoms with Crippen molar-refractivity contribution in [2.24, 2.45) is 17.8 Å². The molecule has 4 rings (SSSR count). The number of hydrogen-bond acceptors (Lipinski definition) is 3. The van der Waals surface area contributed by atoms with E-state index in [0.29, 0.717) is 30.7 Å². The lowest BCUT2D eigenvalue weighted by atomic mass is 9.80. The molecule has 2 aliphatic carbocycles. The number of benzene rings is 2. The van der Waals surface area contributed by atoms with E-state index in [1.54, 1.807) is 18.2 Å². The van der Waals surface area contributed by atoms with E-state index in [4.69, 9.17) is 9.84 Å². The number of aliphatic carboxylic acids is 1. The fourth-order valence-electron chi connectivity index (χ4n) is 5.82. The van der Waals surface area contributed by atoms with Gasteiger partial charge in [-0.05, 0) is 92.7 Å². The number of fused-ring (bicyclic) bond motifs is 1. The first-order chi connectivity index (χ1) is 17.8. The summed E-state index contributed by atoms with van der Waals surface area (Å²) >= 11 is 0. The van der Waals surface area contributed by atoms with Gasteiger partial charge in [0.2, 0.25) is 0 Å². The zero-order chi connectivity index (χ0) is 27.7. The molecule has 2 saturated carbocycles. The fraction of sp³-hybridized carbons (Fsp3) is 0.607. The van der Waals surface area contributed by atoms with Crippen LogP contribution >= 0.6 is 0 Å². The first kappa shape index (κ1) is 28.4. The number of alkyl halides is 6. The molecular weight excluding hydrogens is 512 g/mol. The van der Waals surface area contributed by atoms with E-state index in [1.165, 1.54) is 12.1 Å². The van der Waals surface area contributed by atoms with Crippen molar-refractivity contribution in [3.63, 3.8) is 0 Å². The molecule has 0 amide bonds. The van der Waals surface area contributed by atoms with Crippen molar-refractivity contribution in [1.29, 1.82) is 0 Å². The minimum Gasteiger partial charge on any atom is -0.490 e. The lowest BCUT2D eigenvalue weighted by Crippen LogP contribution is -2.32. The van der Waals surface area contributed by atoms with Gasteiger partial charge >= 0.3 is 18.3 Å². The van der Waals surface area contributed by atoms with Crippen LogP contribution in [0.1, 0.15) is 63.4 Å². The van der Waals surface area contributed by atoms with Gasteiger partial charge < -0.3 is 14.7 Å². The zero-order valence-electron chi connectivity index (χ0n) is 21.2. The first-order valence-corrected chi connectivity index (χ1v) is 13.1. The Labute approximate surface area is 217 Å². The van der Waals surface area contributed by atoms with Gasteiger partial charge in [0.05, 0.1) is 17.9 Å². The molecule has 2 fully saturated rings. The Morgan fingerprint density at radius 3 is 2.18 bits per heavy atom. The number of halogens is 6. The second-order valence-corrected chi connectivity index (χ2v) is 10.7. The summed E-state index contributed by atoms with van der Waals surface area (Å²) in [5.74, 6) is -2.36. The fourth-order valence-corrected chi connectivity index (χ4v) is 5.82. The number of carboxylic acid groups (broad SMARTS) is 1. The summed E-state index contributed by atoms with van der Waals surface area (Å²) in [6, 6.07) is 7.59. The van der Waals surface area contributed by atoms with Crippen LogP contribution in [0.2, 0.25) is 0 Å². The highest BCUT2D eigenvalue weighted by molar-refractivity contribution is 5.91. The molecule has 2 aromatic carbocycles. The van der Waals surface area contributed by atoms with Gasteiger partial charge in [0, 0.05) is 19.3 Å². The third-order valence-corrected chi connectivity index (χ3v) is 8.19. The molecule has 1 N–H and O–H groups in total. The summed E-state index contributed by atoms with van der Waals surface area (Å²) in [7, 11) is 1.88. The summed E-state index contributed by atoms with van der Waals surface area (Å²) in [5.41, 5.74) is -0.138. The summed E-state index contributed by atoms with van der Waals surface area (Å²) in [6.07, 6.45) is -5.93. The smallest absolute Gasteiger partial charge is 0.420 e. The second-order valence-electron chi connectivity index (χ2n) is 10.7. The largest absolute Gasteiger partial charge is 0.490 e. The van der Waals surface area contributed by atoms with Crippen molar-refractivity contribution in [3.8, 4) is 5.75 Å².